The summed E-state index contributed by atoms with van der Waals surface area (Å²) < 4.78 is 0. The van der Waals surface area contributed by atoms with E-state index in [1.165, 1.54) is 96.7 Å². The van der Waals surface area contributed by atoms with Gasteiger partial charge in [0, 0.05) is 0 Å². The number of hydrogen-bond donors (Lipinski definition) is 2. The van der Waals surface area contributed by atoms with E-state index in [4.69, 9.17) is 15.0 Å². The van der Waals surface area contributed by atoms with Gasteiger partial charge in [-0.05, 0) is 38.9 Å². The Morgan fingerprint density at radius 2 is 0.870 bits per heavy atom. The largest absolute Gasteiger partial charge is 0.503 e. The summed E-state index contributed by atoms with van der Waals surface area (Å²) >= 11 is 0. The topological polar surface area (TPSA) is 60.8 Å². The van der Waals surface area contributed by atoms with Gasteiger partial charge in [0.05, 0.1) is 0 Å². The fourth-order valence-corrected chi connectivity index (χ4v) is 2.62. The van der Waals surface area contributed by atoms with Gasteiger partial charge < -0.3 is 15.1 Å². The van der Waals surface area contributed by atoms with Crippen molar-refractivity contribution in [2.45, 2.75) is 97.8 Å². The molecule has 0 radical (unpaired) electrons. The summed E-state index contributed by atoms with van der Waals surface area (Å²) in [4.78, 5) is 11.3. The van der Waals surface area contributed by atoms with E-state index in [1.54, 1.807) is 0 Å². The fraction of sp³-hybridized carbons (Fsp3) is 0.947. The quantitative estimate of drug-likeness (QED) is 0.348. The molecule has 0 aliphatic heterocycles. The molecule has 2 N–H and O–H groups in total. The van der Waals surface area contributed by atoms with Gasteiger partial charge in [-0.3, -0.25) is 0 Å². The molecule has 0 spiro atoms. The molecule has 0 fully saturated rings. The summed E-state index contributed by atoms with van der Waals surface area (Å²) in [6.45, 7) is 10.9. The second kappa shape index (κ2) is 21.2. The molecule has 0 rings (SSSR count). The average molecular weight is 332 g/mol. The maximum Gasteiger partial charge on any atom is 0.503 e. The second-order valence-corrected chi connectivity index (χ2v) is 6.31. The molecule has 0 aromatic heterocycles. The summed E-state index contributed by atoms with van der Waals surface area (Å²) in [6, 6.07) is 0. The molecular formula is C19H41NO3. The second-order valence-electron chi connectivity index (χ2n) is 6.31. The van der Waals surface area contributed by atoms with E-state index in [2.05, 4.69) is 25.7 Å². The third-order valence-corrected chi connectivity index (χ3v) is 3.98. The van der Waals surface area contributed by atoms with Crippen LogP contribution in [0.15, 0.2) is 0 Å². The molecule has 0 bridgehead atoms. The molecule has 140 valence electrons. The van der Waals surface area contributed by atoms with Gasteiger partial charge in [0.1, 0.15) is 0 Å². The van der Waals surface area contributed by atoms with E-state index in [-0.39, 0.29) is 0 Å². The molecule has 0 aromatic rings. The van der Waals surface area contributed by atoms with Crippen LogP contribution in [0.2, 0.25) is 0 Å². The Balaban J connectivity index is 0. The Bertz CT molecular complexity index is 202. The zero-order valence-electron chi connectivity index (χ0n) is 15.9. The van der Waals surface area contributed by atoms with E-state index >= 15 is 0 Å². The van der Waals surface area contributed by atoms with Crippen molar-refractivity contribution >= 4 is 6.16 Å². The lowest BCUT2D eigenvalue weighted by atomic mass is 10.1. The van der Waals surface area contributed by atoms with Crippen molar-refractivity contribution in [3.63, 3.8) is 0 Å². The molecule has 0 amide bonds. The van der Waals surface area contributed by atoms with Gasteiger partial charge in [0.2, 0.25) is 0 Å². The van der Waals surface area contributed by atoms with Gasteiger partial charge in [-0.25, -0.2) is 4.79 Å². The molecule has 0 unspecified atom stereocenters. The lowest BCUT2D eigenvalue weighted by molar-refractivity contribution is 0.137. The van der Waals surface area contributed by atoms with Gasteiger partial charge in [-0.15, -0.1) is 0 Å². The van der Waals surface area contributed by atoms with Crippen molar-refractivity contribution in [3.05, 3.63) is 0 Å². The van der Waals surface area contributed by atoms with Crippen LogP contribution < -0.4 is 0 Å². The average Bonchev–Trinajstić information content (AvgIpc) is 2.50. The maximum absolute atomic E-state index is 8.56. The molecule has 4 nitrogen and oxygen atoms in total. The van der Waals surface area contributed by atoms with Gasteiger partial charge in [0.25, 0.3) is 0 Å². The minimum Gasteiger partial charge on any atom is -0.450 e. The normalized spacial score (nSPS) is 10.4. The van der Waals surface area contributed by atoms with E-state index in [1.807, 2.05) is 0 Å². The summed E-state index contributed by atoms with van der Waals surface area (Å²) in [5, 5.41) is 13.9. The first-order valence-corrected chi connectivity index (χ1v) is 9.72. The highest BCUT2D eigenvalue weighted by atomic mass is 16.6. The summed E-state index contributed by atoms with van der Waals surface area (Å²) in [5.41, 5.74) is 0. The van der Waals surface area contributed by atoms with Crippen molar-refractivity contribution in [1.82, 2.24) is 4.90 Å². The van der Waals surface area contributed by atoms with Crippen LogP contribution in [0.25, 0.3) is 0 Å². The van der Waals surface area contributed by atoms with Crippen LogP contribution in [0, 0.1) is 0 Å². The van der Waals surface area contributed by atoms with Gasteiger partial charge >= 0.3 is 6.16 Å². The first kappa shape index (κ1) is 24.5. The van der Waals surface area contributed by atoms with Crippen LogP contribution in [0.4, 0.5) is 4.79 Å². The predicted octanol–water partition coefficient (Wildman–Crippen LogP) is 6.25. The third-order valence-electron chi connectivity index (χ3n) is 3.98. The minimum atomic E-state index is -1.83. The van der Waals surface area contributed by atoms with E-state index < -0.39 is 6.16 Å². The first-order chi connectivity index (χ1) is 11.1. The van der Waals surface area contributed by atoms with Gasteiger partial charge in [-0.2, -0.15) is 0 Å². The lowest BCUT2D eigenvalue weighted by Crippen LogP contribution is -2.27. The molecule has 0 aliphatic carbocycles. The van der Waals surface area contributed by atoms with Crippen LogP contribution in [0.3, 0.4) is 0 Å². The Labute approximate surface area is 144 Å². The Morgan fingerprint density at radius 3 is 1.09 bits per heavy atom. The minimum absolute atomic E-state index is 1.35. The maximum atomic E-state index is 8.56. The van der Waals surface area contributed by atoms with Crippen LogP contribution in [0.5, 0.6) is 0 Å². The monoisotopic (exact) mass is 331 g/mol. The van der Waals surface area contributed by atoms with Crippen LogP contribution in [-0.2, 0) is 0 Å². The Kier molecular flexibility index (Phi) is 22.6. The van der Waals surface area contributed by atoms with Gasteiger partial charge in [-0.1, -0.05) is 78.6 Å². The van der Waals surface area contributed by atoms with Crippen molar-refractivity contribution < 1.29 is 15.0 Å². The lowest BCUT2D eigenvalue weighted by Gasteiger charge is -2.22. The van der Waals surface area contributed by atoms with Crippen molar-refractivity contribution in [2.24, 2.45) is 0 Å². The highest BCUT2D eigenvalue weighted by Gasteiger charge is 2.04. The number of carbonyl (C=O) groups is 1. The molecule has 0 aliphatic rings. The van der Waals surface area contributed by atoms with Crippen molar-refractivity contribution in [1.29, 1.82) is 0 Å². The van der Waals surface area contributed by atoms with Crippen molar-refractivity contribution in [3.8, 4) is 0 Å². The van der Waals surface area contributed by atoms with Crippen LogP contribution in [0.1, 0.15) is 97.8 Å². The molecule has 0 saturated heterocycles. The third kappa shape index (κ3) is 26.4. The summed E-state index contributed by atoms with van der Waals surface area (Å²) in [7, 11) is 0. The molecule has 0 heterocycles. The fourth-order valence-electron chi connectivity index (χ4n) is 2.62. The highest BCUT2D eigenvalue weighted by molar-refractivity contribution is 5.53. The zero-order chi connectivity index (χ0) is 17.8. The van der Waals surface area contributed by atoms with E-state index in [0.29, 0.717) is 0 Å². The molecule has 0 saturated carbocycles. The summed E-state index contributed by atoms with van der Waals surface area (Å²) in [6.07, 6.45) is 15.0. The number of rotatable bonds is 15. The SMILES string of the molecule is CCCCCCN(CCCCCC)CCCCCC.O=C(O)O. The van der Waals surface area contributed by atoms with Crippen LogP contribution >= 0.6 is 0 Å². The smallest absolute Gasteiger partial charge is 0.450 e. The standard InChI is InChI=1S/C18H39N.CH2O3/c1-4-7-10-13-16-19(17-14-11-8-5-2)18-15-12-9-6-3;2-1(3)4/h4-18H2,1-3H3;(H2,2,3,4). The van der Waals surface area contributed by atoms with E-state index in [0.717, 1.165) is 0 Å². The molecule has 0 atom stereocenters. The van der Waals surface area contributed by atoms with Crippen molar-refractivity contribution in [2.75, 3.05) is 19.6 Å². The van der Waals surface area contributed by atoms with Crippen LogP contribution in [-0.4, -0.2) is 40.9 Å². The molecule has 4 heteroatoms. The Morgan fingerprint density at radius 1 is 0.609 bits per heavy atom. The zero-order valence-corrected chi connectivity index (χ0v) is 15.9. The Hall–Kier alpha value is -0.770. The highest BCUT2D eigenvalue weighted by Crippen LogP contribution is 2.08. The predicted molar refractivity (Wildman–Crippen MR) is 99.5 cm³/mol. The molecular weight excluding hydrogens is 290 g/mol. The number of hydrogen-bond acceptors (Lipinski definition) is 2. The number of nitrogens with zero attached hydrogens (tertiary/aromatic N) is 1. The summed E-state index contributed by atoms with van der Waals surface area (Å²) in [5.74, 6) is 0. The number of carboxylic acid groups (broad SMARTS) is 2. The first-order valence-electron chi connectivity index (χ1n) is 9.72. The van der Waals surface area contributed by atoms with Gasteiger partial charge in [0.15, 0.2) is 0 Å². The van der Waals surface area contributed by atoms with E-state index in [9.17, 15) is 0 Å². The number of unbranched alkanes of at least 4 members (excludes halogenated alkanes) is 9. The molecule has 0 aromatic carbocycles. The molecule has 23 heavy (non-hydrogen) atoms.